The van der Waals surface area contributed by atoms with Gasteiger partial charge in [0.1, 0.15) is 11.3 Å². The number of para-hydroxylation sites is 1. The van der Waals surface area contributed by atoms with Crippen LogP contribution in [0.1, 0.15) is 23.6 Å². The highest BCUT2D eigenvalue weighted by molar-refractivity contribution is 5.78. The number of urea groups is 1. The summed E-state index contributed by atoms with van der Waals surface area (Å²) in [6.07, 6.45) is 0.833. The second-order valence-corrected chi connectivity index (χ2v) is 5.86. The van der Waals surface area contributed by atoms with E-state index in [9.17, 15) is 4.79 Å². The van der Waals surface area contributed by atoms with Crippen LogP contribution in [0.25, 0.3) is 11.0 Å². The molecule has 3 rings (SSSR count). The number of nitrogens with zero attached hydrogens (tertiary/aromatic N) is 2. The van der Waals surface area contributed by atoms with E-state index in [2.05, 4.69) is 15.7 Å². The molecule has 0 spiro atoms. The smallest absolute Gasteiger partial charge is 0.315 e. The summed E-state index contributed by atoms with van der Waals surface area (Å²) in [6.45, 7) is 5.78. The van der Waals surface area contributed by atoms with Crippen molar-refractivity contribution < 1.29 is 9.21 Å². The Labute approximate surface area is 140 Å². The Hall–Kier alpha value is -2.76. The molecule has 0 aliphatic heterocycles. The Morgan fingerprint density at radius 2 is 2.04 bits per heavy atom. The third-order valence-electron chi connectivity index (χ3n) is 3.84. The predicted molar refractivity (Wildman–Crippen MR) is 92.8 cm³/mol. The number of aromatic nitrogens is 2. The third kappa shape index (κ3) is 3.95. The second-order valence-electron chi connectivity index (χ2n) is 5.86. The average molecular weight is 326 g/mol. The van der Waals surface area contributed by atoms with Gasteiger partial charge < -0.3 is 15.1 Å². The molecular weight excluding hydrogens is 304 g/mol. The largest absolute Gasteiger partial charge is 0.459 e. The van der Waals surface area contributed by atoms with Crippen molar-refractivity contribution >= 4 is 17.0 Å². The molecule has 2 heterocycles. The number of carbonyl (C=O) groups is 1. The van der Waals surface area contributed by atoms with Crippen molar-refractivity contribution in [2.24, 2.45) is 0 Å². The van der Waals surface area contributed by atoms with Crippen LogP contribution in [0.5, 0.6) is 0 Å². The highest BCUT2D eigenvalue weighted by Gasteiger charge is 2.05. The van der Waals surface area contributed by atoms with Gasteiger partial charge in [0.15, 0.2) is 0 Å². The van der Waals surface area contributed by atoms with Crippen LogP contribution in [-0.4, -0.2) is 22.4 Å². The van der Waals surface area contributed by atoms with Gasteiger partial charge in [-0.3, -0.25) is 4.68 Å². The molecule has 2 N–H and O–H groups in total. The van der Waals surface area contributed by atoms with Gasteiger partial charge in [-0.1, -0.05) is 18.2 Å². The van der Waals surface area contributed by atoms with Gasteiger partial charge in [0.2, 0.25) is 0 Å². The molecule has 2 aromatic heterocycles. The summed E-state index contributed by atoms with van der Waals surface area (Å²) in [5.41, 5.74) is 2.99. The zero-order valence-corrected chi connectivity index (χ0v) is 14.0. The van der Waals surface area contributed by atoms with Gasteiger partial charge in [-0.2, -0.15) is 5.10 Å². The lowest BCUT2D eigenvalue weighted by Gasteiger charge is -2.07. The van der Waals surface area contributed by atoms with Crippen molar-refractivity contribution in [3.63, 3.8) is 0 Å². The molecule has 0 aliphatic carbocycles. The number of hydrogen-bond acceptors (Lipinski definition) is 3. The van der Waals surface area contributed by atoms with Crippen molar-refractivity contribution in [1.82, 2.24) is 20.4 Å². The van der Waals surface area contributed by atoms with Crippen LogP contribution in [0.3, 0.4) is 0 Å². The Morgan fingerprint density at radius 3 is 2.79 bits per heavy atom. The summed E-state index contributed by atoms with van der Waals surface area (Å²) in [5.74, 6) is 0.744. The molecule has 0 bridgehead atoms. The Balaban J connectivity index is 1.39. The maximum atomic E-state index is 11.8. The van der Waals surface area contributed by atoms with Crippen LogP contribution < -0.4 is 10.6 Å². The Morgan fingerprint density at radius 1 is 1.21 bits per heavy atom. The number of rotatable bonds is 6. The molecule has 126 valence electrons. The molecule has 24 heavy (non-hydrogen) atoms. The lowest BCUT2D eigenvalue weighted by molar-refractivity contribution is 0.239. The maximum Gasteiger partial charge on any atom is 0.315 e. The molecular formula is C18H22N4O2. The molecule has 0 saturated heterocycles. The normalized spacial score (nSPS) is 10.9. The van der Waals surface area contributed by atoms with Gasteiger partial charge in [-0.05, 0) is 38.5 Å². The number of fused-ring (bicyclic) bond motifs is 1. The van der Waals surface area contributed by atoms with Crippen molar-refractivity contribution in [1.29, 1.82) is 0 Å². The Kier molecular flexibility index (Phi) is 4.84. The third-order valence-corrected chi connectivity index (χ3v) is 3.84. The molecule has 0 radical (unpaired) electrons. The minimum Gasteiger partial charge on any atom is -0.459 e. The molecule has 0 atom stereocenters. The lowest BCUT2D eigenvalue weighted by atomic mass is 10.2. The highest BCUT2D eigenvalue weighted by Crippen LogP contribution is 2.18. The van der Waals surface area contributed by atoms with E-state index in [0.717, 1.165) is 41.1 Å². The van der Waals surface area contributed by atoms with E-state index in [-0.39, 0.29) is 6.03 Å². The standard InChI is InChI=1S/C18H22N4O2/c1-13-10-14(2)22(21-13)9-5-8-19-18(23)20-12-16-11-15-6-3-4-7-17(15)24-16/h3-4,6-7,10-11H,5,8-9,12H2,1-2H3,(H2,19,20,23). The summed E-state index contributed by atoms with van der Waals surface area (Å²) >= 11 is 0. The molecule has 0 unspecified atom stereocenters. The molecule has 3 aromatic rings. The topological polar surface area (TPSA) is 72.1 Å². The molecule has 6 heteroatoms. The summed E-state index contributed by atoms with van der Waals surface area (Å²) in [4.78, 5) is 11.8. The number of amides is 2. The highest BCUT2D eigenvalue weighted by atomic mass is 16.3. The van der Waals surface area contributed by atoms with Crippen molar-refractivity contribution in [2.75, 3.05) is 6.54 Å². The summed E-state index contributed by atoms with van der Waals surface area (Å²) < 4.78 is 7.62. The quantitative estimate of drug-likeness (QED) is 0.684. The van der Waals surface area contributed by atoms with Crippen LogP contribution in [0.2, 0.25) is 0 Å². The van der Waals surface area contributed by atoms with E-state index in [0.29, 0.717) is 13.1 Å². The van der Waals surface area contributed by atoms with Gasteiger partial charge in [-0.15, -0.1) is 0 Å². The molecule has 6 nitrogen and oxygen atoms in total. The zero-order chi connectivity index (χ0) is 16.9. The fourth-order valence-corrected chi connectivity index (χ4v) is 2.69. The van der Waals surface area contributed by atoms with Crippen LogP contribution in [0.15, 0.2) is 40.8 Å². The summed E-state index contributed by atoms with van der Waals surface area (Å²) in [6, 6.07) is 11.6. The first-order chi connectivity index (χ1) is 11.6. The summed E-state index contributed by atoms with van der Waals surface area (Å²) in [5, 5.41) is 11.1. The fraction of sp³-hybridized carbons (Fsp3) is 0.333. The molecule has 0 aliphatic rings. The van der Waals surface area contributed by atoms with Crippen molar-refractivity contribution in [3.05, 3.63) is 53.5 Å². The number of hydrogen-bond donors (Lipinski definition) is 2. The summed E-state index contributed by atoms with van der Waals surface area (Å²) in [7, 11) is 0. The van der Waals surface area contributed by atoms with E-state index in [4.69, 9.17) is 4.42 Å². The van der Waals surface area contributed by atoms with E-state index >= 15 is 0 Å². The van der Waals surface area contributed by atoms with Gasteiger partial charge in [-0.25, -0.2) is 4.79 Å². The van der Waals surface area contributed by atoms with Crippen LogP contribution in [-0.2, 0) is 13.1 Å². The monoisotopic (exact) mass is 326 g/mol. The lowest BCUT2D eigenvalue weighted by Crippen LogP contribution is -2.35. The van der Waals surface area contributed by atoms with Crippen LogP contribution in [0.4, 0.5) is 4.79 Å². The van der Waals surface area contributed by atoms with E-state index in [1.54, 1.807) is 0 Å². The minimum atomic E-state index is -0.191. The molecule has 2 amide bonds. The zero-order valence-electron chi connectivity index (χ0n) is 14.0. The van der Waals surface area contributed by atoms with Crippen molar-refractivity contribution in [3.8, 4) is 0 Å². The first kappa shape index (κ1) is 16.1. The van der Waals surface area contributed by atoms with Gasteiger partial charge in [0, 0.05) is 24.2 Å². The number of benzene rings is 1. The molecule has 0 saturated carbocycles. The average Bonchev–Trinajstić information content (AvgIpc) is 3.12. The predicted octanol–water partition coefficient (Wildman–Crippen LogP) is 3.14. The number of carbonyl (C=O) groups excluding carboxylic acids is 1. The van der Waals surface area contributed by atoms with E-state index in [1.165, 1.54) is 0 Å². The first-order valence-electron chi connectivity index (χ1n) is 8.12. The number of nitrogens with one attached hydrogen (secondary N) is 2. The fourth-order valence-electron chi connectivity index (χ4n) is 2.69. The van der Waals surface area contributed by atoms with Crippen molar-refractivity contribution in [2.45, 2.75) is 33.4 Å². The molecule has 1 aromatic carbocycles. The minimum absolute atomic E-state index is 0.191. The number of aryl methyl sites for hydroxylation is 3. The van der Waals surface area contributed by atoms with Crippen LogP contribution in [0, 0.1) is 13.8 Å². The van der Waals surface area contributed by atoms with E-state index < -0.39 is 0 Å². The van der Waals surface area contributed by atoms with Gasteiger partial charge in [0.05, 0.1) is 12.2 Å². The Bertz CT molecular complexity index is 802. The SMILES string of the molecule is Cc1cc(C)n(CCCNC(=O)NCc2cc3ccccc3o2)n1. The number of furan rings is 1. The maximum absolute atomic E-state index is 11.8. The van der Waals surface area contributed by atoms with E-state index in [1.807, 2.05) is 54.9 Å². The second kappa shape index (κ2) is 7.21. The molecule has 0 fully saturated rings. The van der Waals surface area contributed by atoms with Gasteiger partial charge >= 0.3 is 6.03 Å². The first-order valence-corrected chi connectivity index (χ1v) is 8.12. The van der Waals surface area contributed by atoms with Gasteiger partial charge in [0.25, 0.3) is 0 Å². The van der Waals surface area contributed by atoms with Crippen LogP contribution >= 0.6 is 0 Å².